The van der Waals surface area contributed by atoms with Gasteiger partial charge in [-0.1, -0.05) is 219 Å². The summed E-state index contributed by atoms with van der Waals surface area (Å²) in [5.41, 5.74) is 0. The summed E-state index contributed by atoms with van der Waals surface area (Å²) in [4.78, 5) is 12.4. The minimum atomic E-state index is -1.25. The number of amides is 1. The first-order valence-corrected chi connectivity index (χ1v) is 21.4. The summed E-state index contributed by atoms with van der Waals surface area (Å²) in [6, 6.07) is -0.977. The Bertz CT molecular complexity index is 648. The smallest absolute Gasteiger partial charge is 0.249 e. The molecule has 0 radical (unpaired) electrons. The zero-order valence-corrected chi connectivity index (χ0v) is 32.3. The highest BCUT2D eigenvalue weighted by molar-refractivity contribution is 5.80. The Labute approximate surface area is 299 Å². The summed E-state index contributed by atoms with van der Waals surface area (Å²) in [7, 11) is 0. The van der Waals surface area contributed by atoms with Gasteiger partial charge in [-0.3, -0.25) is 4.79 Å². The highest BCUT2D eigenvalue weighted by Gasteiger charge is 2.28. The normalized spacial score (nSPS) is 14.2. The fraction of sp³-hybridized carbons (Fsp3) is 0.976. The van der Waals surface area contributed by atoms with E-state index in [9.17, 15) is 25.2 Å². The molecule has 0 aromatic rings. The molecule has 0 aliphatic rings. The third kappa shape index (κ3) is 31.3. The molecule has 0 aliphatic carbocycles. The second-order valence-corrected chi connectivity index (χ2v) is 15.1. The second kappa shape index (κ2) is 37.6. The van der Waals surface area contributed by atoms with Gasteiger partial charge >= 0.3 is 0 Å². The molecule has 0 rings (SSSR count). The molecule has 6 heteroatoms. The van der Waals surface area contributed by atoms with Gasteiger partial charge in [-0.25, -0.2) is 0 Å². The average Bonchev–Trinajstić information content (AvgIpc) is 3.09. The topological polar surface area (TPSA) is 110 Å². The van der Waals surface area contributed by atoms with Crippen molar-refractivity contribution in [1.29, 1.82) is 0 Å². The lowest BCUT2D eigenvalue weighted by molar-refractivity contribution is -0.132. The fourth-order valence-corrected chi connectivity index (χ4v) is 6.88. The van der Waals surface area contributed by atoms with Crippen molar-refractivity contribution in [2.75, 3.05) is 6.61 Å². The minimum Gasteiger partial charge on any atom is -0.394 e. The van der Waals surface area contributed by atoms with Gasteiger partial charge in [0.25, 0.3) is 0 Å². The number of aliphatic hydroxyl groups excluding tert-OH is 4. The van der Waals surface area contributed by atoms with Gasteiger partial charge in [0.15, 0.2) is 0 Å². The molecule has 288 valence electrons. The van der Waals surface area contributed by atoms with E-state index in [0.29, 0.717) is 12.8 Å². The van der Waals surface area contributed by atoms with Gasteiger partial charge in [-0.05, 0) is 12.8 Å². The molecule has 1 amide bonds. The summed E-state index contributed by atoms with van der Waals surface area (Å²) in [6.07, 6.45) is 38.7. The van der Waals surface area contributed by atoms with Crippen LogP contribution in [0.25, 0.3) is 0 Å². The molecule has 5 N–H and O–H groups in total. The molecular weight excluding hydrogens is 598 g/mol. The molecule has 0 bridgehead atoms. The Morgan fingerprint density at radius 2 is 0.708 bits per heavy atom. The molecule has 4 unspecified atom stereocenters. The lowest BCUT2D eigenvalue weighted by Crippen LogP contribution is -2.53. The Balaban J connectivity index is 3.59. The predicted octanol–water partition coefficient (Wildman–Crippen LogP) is 10.8. The molecule has 0 saturated heterocycles. The van der Waals surface area contributed by atoms with Gasteiger partial charge in [0.2, 0.25) is 5.91 Å². The first kappa shape index (κ1) is 47.3. The number of carbonyl (C=O) groups excluding carboxylic acids is 1. The third-order valence-corrected chi connectivity index (χ3v) is 10.3. The van der Waals surface area contributed by atoms with Crippen LogP contribution in [0.3, 0.4) is 0 Å². The number of hydrogen-bond acceptors (Lipinski definition) is 5. The molecule has 48 heavy (non-hydrogen) atoms. The molecule has 0 heterocycles. The van der Waals surface area contributed by atoms with Crippen LogP contribution in [0.5, 0.6) is 0 Å². The number of nitrogens with one attached hydrogen (secondary N) is 1. The molecule has 6 nitrogen and oxygen atoms in total. The minimum absolute atomic E-state index is 0.372. The fourth-order valence-electron chi connectivity index (χ4n) is 6.88. The molecule has 0 saturated carbocycles. The number of rotatable bonds is 39. The number of carbonyl (C=O) groups is 1. The number of unbranched alkanes of at least 4 members (excludes halogenated alkanes) is 30. The van der Waals surface area contributed by atoms with E-state index in [1.54, 1.807) is 0 Å². The van der Waals surface area contributed by atoms with Gasteiger partial charge in [-0.15, -0.1) is 0 Å². The van der Waals surface area contributed by atoms with Crippen LogP contribution >= 0.6 is 0 Å². The van der Waals surface area contributed by atoms with E-state index in [4.69, 9.17) is 0 Å². The lowest BCUT2D eigenvalue weighted by Gasteiger charge is -2.27. The predicted molar refractivity (Wildman–Crippen MR) is 205 cm³/mol. The number of hydrogen-bond donors (Lipinski definition) is 5. The van der Waals surface area contributed by atoms with Gasteiger partial charge < -0.3 is 25.7 Å². The van der Waals surface area contributed by atoms with E-state index in [2.05, 4.69) is 19.2 Å². The van der Waals surface area contributed by atoms with Crippen molar-refractivity contribution in [2.24, 2.45) is 0 Å². The zero-order valence-electron chi connectivity index (χ0n) is 32.3. The van der Waals surface area contributed by atoms with E-state index < -0.39 is 36.9 Å². The molecule has 0 aromatic heterocycles. The maximum absolute atomic E-state index is 12.4. The monoisotopic (exact) mass is 684 g/mol. The lowest BCUT2D eigenvalue weighted by atomic mass is 9.99. The quantitative estimate of drug-likeness (QED) is 0.0414. The van der Waals surface area contributed by atoms with Crippen molar-refractivity contribution in [3.63, 3.8) is 0 Å². The molecule has 0 aromatic carbocycles. The molecule has 0 aliphatic heterocycles. The van der Waals surface area contributed by atoms with Crippen LogP contribution in [0.2, 0.25) is 0 Å². The van der Waals surface area contributed by atoms with Gasteiger partial charge in [0, 0.05) is 0 Å². The van der Waals surface area contributed by atoms with Gasteiger partial charge in [-0.2, -0.15) is 0 Å². The highest BCUT2D eigenvalue weighted by atomic mass is 16.3. The average molecular weight is 684 g/mol. The maximum atomic E-state index is 12.4. The van der Waals surface area contributed by atoms with E-state index in [1.165, 1.54) is 167 Å². The van der Waals surface area contributed by atoms with Crippen LogP contribution in [-0.2, 0) is 4.79 Å². The first-order chi connectivity index (χ1) is 23.5. The van der Waals surface area contributed by atoms with Crippen LogP contribution in [0.4, 0.5) is 0 Å². The van der Waals surface area contributed by atoms with E-state index in [1.807, 2.05) is 0 Å². The molecule has 0 spiro atoms. The summed E-state index contributed by atoms with van der Waals surface area (Å²) in [6.45, 7) is 4.02. The van der Waals surface area contributed by atoms with E-state index in [-0.39, 0.29) is 0 Å². The summed E-state index contributed by atoms with van der Waals surface area (Å²) in [5.74, 6) is -0.585. The van der Waals surface area contributed by atoms with Crippen LogP contribution in [0.1, 0.15) is 232 Å². The van der Waals surface area contributed by atoms with Crippen LogP contribution in [0, 0.1) is 0 Å². The Kier molecular flexibility index (Phi) is 37.0. The van der Waals surface area contributed by atoms with E-state index in [0.717, 1.165) is 38.5 Å². The van der Waals surface area contributed by atoms with Crippen molar-refractivity contribution < 1.29 is 25.2 Å². The third-order valence-electron chi connectivity index (χ3n) is 10.3. The Hall–Kier alpha value is -0.690. The largest absolute Gasteiger partial charge is 0.394 e. The van der Waals surface area contributed by atoms with Crippen molar-refractivity contribution in [3.8, 4) is 0 Å². The van der Waals surface area contributed by atoms with Gasteiger partial charge in [0.05, 0.1) is 18.8 Å². The van der Waals surface area contributed by atoms with E-state index >= 15 is 0 Å². The van der Waals surface area contributed by atoms with Gasteiger partial charge in [0.1, 0.15) is 12.2 Å². The first-order valence-electron chi connectivity index (χ1n) is 21.4. The second-order valence-electron chi connectivity index (χ2n) is 15.1. The molecule has 0 fully saturated rings. The van der Waals surface area contributed by atoms with Crippen molar-refractivity contribution in [3.05, 3.63) is 0 Å². The Morgan fingerprint density at radius 3 is 1.00 bits per heavy atom. The summed E-state index contributed by atoms with van der Waals surface area (Å²) in [5, 5.41) is 43.4. The van der Waals surface area contributed by atoms with Crippen LogP contribution in [-0.4, -0.2) is 57.3 Å². The van der Waals surface area contributed by atoms with Crippen LogP contribution in [0.15, 0.2) is 0 Å². The van der Waals surface area contributed by atoms with Crippen molar-refractivity contribution >= 4 is 5.91 Å². The molecular formula is C42H85NO5. The summed E-state index contributed by atoms with van der Waals surface area (Å²) < 4.78 is 0. The standard InChI is InChI=1S/C42H85NO5/c1-3-5-7-9-11-13-14-15-16-17-18-19-20-21-22-23-24-25-26-27-28-30-31-33-35-39(45)41(47)38(37-44)43-42(48)40(46)36-34-32-29-12-10-8-6-4-2/h38-41,44-47H,3-37H2,1-2H3,(H,43,48). The molecule has 4 atom stereocenters. The highest BCUT2D eigenvalue weighted by Crippen LogP contribution is 2.17. The van der Waals surface area contributed by atoms with Crippen LogP contribution < -0.4 is 5.32 Å². The zero-order chi connectivity index (χ0) is 35.3. The SMILES string of the molecule is CCCCCCCCCCCCCCCCCCCCCCCCCCC(O)C(O)C(CO)NC(=O)C(O)CCCCCCCCCC. The van der Waals surface area contributed by atoms with Crippen molar-refractivity contribution in [2.45, 2.75) is 257 Å². The summed E-state index contributed by atoms with van der Waals surface area (Å²) >= 11 is 0. The Morgan fingerprint density at radius 1 is 0.438 bits per heavy atom. The maximum Gasteiger partial charge on any atom is 0.249 e. The number of aliphatic hydroxyl groups is 4. The van der Waals surface area contributed by atoms with Crippen molar-refractivity contribution in [1.82, 2.24) is 5.32 Å².